The second-order valence-corrected chi connectivity index (χ2v) is 6.25. The van der Waals surface area contributed by atoms with Crippen molar-refractivity contribution in [3.63, 3.8) is 0 Å². The molecule has 0 saturated heterocycles. The van der Waals surface area contributed by atoms with Crippen LogP contribution in [0.1, 0.15) is 28.9 Å². The van der Waals surface area contributed by atoms with Gasteiger partial charge in [0.05, 0.1) is 11.1 Å². The monoisotopic (exact) mass is 358 g/mol. The normalized spacial score (nSPS) is 12.2. The Morgan fingerprint density at radius 1 is 1.20 bits per heavy atom. The van der Waals surface area contributed by atoms with E-state index in [-0.39, 0.29) is 28.1 Å². The van der Waals surface area contributed by atoms with Crippen molar-refractivity contribution < 1.29 is 9.18 Å². The summed E-state index contributed by atoms with van der Waals surface area (Å²) < 4.78 is 13.6. The molecule has 0 spiro atoms. The second kappa shape index (κ2) is 6.69. The van der Waals surface area contributed by atoms with E-state index in [4.69, 9.17) is 11.6 Å². The molecule has 1 aromatic heterocycles. The Labute approximate surface area is 148 Å². The van der Waals surface area contributed by atoms with Crippen LogP contribution in [0.4, 0.5) is 4.39 Å². The van der Waals surface area contributed by atoms with Gasteiger partial charge in [0.2, 0.25) is 0 Å². The van der Waals surface area contributed by atoms with Crippen LogP contribution in [0.2, 0.25) is 5.02 Å². The fraction of sp³-hybridized carbons (Fsp3) is 0.158. The van der Waals surface area contributed by atoms with Crippen LogP contribution in [-0.2, 0) is 0 Å². The number of hydrogen-bond donors (Lipinski definition) is 1. The Hall–Kier alpha value is -2.66. The van der Waals surface area contributed by atoms with Crippen LogP contribution >= 0.6 is 11.6 Å². The summed E-state index contributed by atoms with van der Waals surface area (Å²) in [6, 6.07) is 10.9. The van der Waals surface area contributed by atoms with Gasteiger partial charge in [0, 0.05) is 24.2 Å². The second-order valence-electron chi connectivity index (χ2n) is 5.84. The molecule has 1 N–H and O–H groups in total. The number of rotatable bonds is 3. The molecular formula is C19H16ClFN2O2. The number of H-pyrrole nitrogens is 1. The zero-order valence-electron chi connectivity index (χ0n) is 13.7. The molecule has 25 heavy (non-hydrogen) atoms. The molecule has 0 bridgehead atoms. The van der Waals surface area contributed by atoms with Crippen molar-refractivity contribution in [1.82, 2.24) is 9.88 Å². The topological polar surface area (TPSA) is 53.2 Å². The average molecular weight is 359 g/mol. The minimum absolute atomic E-state index is 0.0288. The van der Waals surface area contributed by atoms with E-state index in [2.05, 4.69) is 4.98 Å². The van der Waals surface area contributed by atoms with Crippen molar-refractivity contribution in [2.75, 3.05) is 7.05 Å². The predicted octanol–water partition coefficient (Wildman–Crippen LogP) is 4.15. The lowest BCUT2D eigenvalue weighted by atomic mass is 10.0. The number of amides is 1. The molecule has 0 unspecified atom stereocenters. The Morgan fingerprint density at radius 2 is 1.88 bits per heavy atom. The van der Waals surface area contributed by atoms with Gasteiger partial charge < -0.3 is 9.88 Å². The number of hydrogen-bond acceptors (Lipinski definition) is 2. The van der Waals surface area contributed by atoms with E-state index in [1.54, 1.807) is 25.4 Å². The van der Waals surface area contributed by atoms with Crippen LogP contribution in [0.3, 0.4) is 0 Å². The van der Waals surface area contributed by atoms with Crippen LogP contribution in [0.5, 0.6) is 0 Å². The van der Waals surface area contributed by atoms with Crippen LogP contribution in [0, 0.1) is 5.82 Å². The number of nitrogens with zero attached hydrogens (tertiary/aromatic N) is 1. The minimum atomic E-state index is -0.636. The molecule has 3 rings (SSSR count). The lowest BCUT2D eigenvalue weighted by Gasteiger charge is -2.26. The van der Waals surface area contributed by atoms with Crippen molar-refractivity contribution >= 4 is 28.3 Å². The highest BCUT2D eigenvalue weighted by Crippen LogP contribution is 2.26. The summed E-state index contributed by atoms with van der Waals surface area (Å²) in [5.41, 5.74) is 0.839. The number of benzene rings is 2. The molecule has 4 nitrogen and oxygen atoms in total. The number of pyridine rings is 1. The van der Waals surface area contributed by atoms with Crippen molar-refractivity contribution in [1.29, 1.82) is 0 Å². The van der Waals surface area contributed by atoms with Crippen LogP contribution in [-0.4, -0.2) is 22.8 Å². The molecular weight excluding hydrogens is 343 g/mol. The van der Waals surface area contributed by atoms with Crippen molar-refractivity contribution in [3.8, 4) is 0 Å². The summed E-state index contributed by atoms with van der Waals surface area (Å²) in [5.74, 6) is -0.971. The molecule has 0 fully saturated rings. The fourth-order valence-corrected chi connectivity index (χ4v) is 2.91. The fourth-order valence-electron chi connectivity index (χ4n) is 2.79. The molecule has 0 saturated carbocycles. The van der Waals surface area contributed by atoms with Gasteiger partial charge >= 0.3 is 0 Å². The van der Waals surface area contributed by atoms with Crippen molar-refractivity contribution in [2.45, 2.75) is 13.0 Å². The highest BCUT2D eigenvalue weighted by Gasteiger charge is 2.21. The smallest absolute Gasteiger partial charge is 0.255 e. The third kappa shape index (κ3) is 3.15. The lowest BCUT2D eigenvalue weighted by molar-refractivity contribution is 0.0743. The lowest BCUT2D eigenvalue weighted by Crippen LogP contribution is -2.30. The van der Waals surface area contributed by atoms with Crippen LogP contribution in [0.25, 0.3) is 10.8 Å². The van der Waals surface area contributed by atoms with E-state index in [1.807, 2.05) is 19.1 Å². The first kappa shape index (κ1) is 17.2. The van der Waals surface area contributed by atoms with E-state index in [0.717, 1.165) is 17.0 Å². The van der Waals surface area contributed by atoms with Gasteiger partial charge in [-0.2, -0.15) is 0 Å². The number of carbonyl (C=O) groups is 1. The third-order valence-corrected chi connectivity index (χ3v) is 4.67. The predicted molar refractivity (Wildman–Crippen MR) is 96.5 cm³/mol. The minimum Gasteiger partial charge on any atom is -0.335 e. The zero-order chi connectivity index (χ0) is 18.1. The largest absolute Gasteiger partial charge is 0.335 e. The highest BCUT2D eigenvalue weighted by atomic mass is 35.5. The molecule has 1 amide bonds. The van der Waals surface area contributed by atoms with Crippen molar-refractivity contribution in [3.05, 3.63) is 81.0 Å². The number of nitrogens with one attached hydrogen (secondary N) is 1. The molecule has 2 aromatic carbocycles. The Balaban J connectivity index is 1.99. The molecule has 3 aromatic rings. The molecule has 1 atom stereocenters. The number of carbonyl (C=O) groups excluding carboxylic acids is 1. The van der Waals surface area contributed by atoms with Crippen LogP contribution in [0.15, 0.2) is 53.5 Å². The van der Waals surface area contributed by atoms with Gasteiger partial charge in [-0.05, 0) is 42.1 Å². The first-order valence-electron chi connectivity index (χ1n) is 7.72. The van der Waals surface area contributed by atoms with Gasteiger partial charge in [0.15, 0.2) is 0 Å². The Kier molecular flexibility index (Phi) is 4.59. The van der Waals surface area contributed by atoms with E-state index in [9.17, 15) is 14.0 Å². The molecule has 0 aliphatic carbocycles. The van der Waals surface area contributed by atoms with Gasteiger partial charge in [0.25, 0.3) is 11.5 Å². The molecule has 128 valence electrons. The molecule has 1 heterocycles. The molecule has 6 heteroatoms. The van der Waals surface area contributed by atoms with Gasteiger partial charge in [-0.25, -0.2) is 4.39 Å². The molecule has 0 radical (unpaired) electrons. The quantitative estimate of drug-likeness (QED) is 0.764. The summed E-state index contributed by atoms with van der Waals surface area (Å²) in [5, 5.41) is 1.31. The summed E-state index contributed by atoms with van der Waals surface area (Å²) in [6.07, 6.45) is 1.61. The highest BCUT2D eigenvalue weighted by molar-refractivity contribution is 6.30. The van der Waals surface area contributed by atoms with E-state index >= 15 is 0 Å². The number of aromatic nitrogens is 1. The van der Waals surface area contributed by atoms with Gasteiger partial charge in [-0.15, -0.1) is 0 Å². The Morgan fingerprint density at radius 3 is 2.56 bits per heavy atom. The number of aromatic amines is 1. The maximum absolute atomic E-state index is 13.6. The summed E-state index contributed by atoms with van der Waals surface area (Å²) in [4.78, 5) is 28.8. The number of fused-ring (bicyclic) bond motifs is 1. The summed E-state index contributed by atoms with van der Waals surface area (Å²) >= 11 is 5.67. The number of halogens is 2. The van der Waals surface area contributed by atoms with Gasteiger partial charge in [-0.1, -0.05) is 29.8 Å². The standard InChI is InChI=1S/C19H16ClFN2O2/c1-11(15-10-22-18(24)14-6-4-3-5-13(14)15)23(2)19(25)12-7-8-16(20)17(21)9-12/h3-11H,1-2H3,(H,22,24)/t11-/m0/s1. The summed E-state index contributed by atoms with van der Waals surface area (Å²) in [7, 11) is 1.64. The first-order chi connectivity index (χ1) is 11.9. The van der Waals surface area contributed by atoms with Crippen LogP contribution < -0.4 is 5.56 Å². The SMILES string of the molecule is C[C@@H](c1c[nH]c(=O)c2ccccc12)N(C)C(=O)c1ccc(Cl)c(F)c1. The van der Waals surface area contributed by atoms with E-state index in [1.165, 1.54) is 17.0 Å². The average Bonchev–Trinajstić information content (AvgIpc) is 2.63. The van der Waals surface area contributed by atoms with E-state index in [0.29, 0.717) is 5.39 Å². The van der Waals surface area contributed by atoms with E-state index < -0.39 is 5.82 Å². The first-order valence-corrected chi connectivity index (χ1v) is 8.10. The van der Waals surface area contributed by atoms with Gasteiger partial charge in [0.1, 0.15) is 5.82 Å². The summed E-state index contributed by atoms with van der Waals surface area (Å²) in [6.45, 7) is 1.85. The molecule has 0 aliphatic rings. The van der Waals surface area contributed by atoms with Crippen molar-refractivity contribution in [2.24, 2.45) is 0 Å². The Bertz CT molecular complexity index is 1020. The third-order valence-electron chi connectivity index (χ3n) is 4.36. The molecule has 0 aliphatic heterocycles. The zero-order valence-corrected chi connectivity index (χ0v) is 14.5. The maximum Gasteiger partial charge on any atom is 0.255 e. The maximum atomic E-state index is 13.6. The van der Waals surface area contributed by atoms with Gasteiger partial charge in [-0.3, -0.25) is 9.59 Å².